The molecule has 0 atom stereocenters. The molecule has 1 fully saturated rings. The number of benzene rings is 2. The highest BCUT2D eigenvalue weighted by Crippen LogP contribution is 2.32. The molecule has 1 aliphatic rings. The molecule has 0 radical (unpaired) electrons. The third-order valence-corrected chi connectivity index (χ3v) is 5.99. The molecular weight excluding hydrogens is 460 g/mol. The molecule has 140 valence electrons. The summed E-state index contributed by atoms with van der Waals surface area (Å²) in [6.45, 7) is 1.90. The van der Waals surface area contributed by atoms with Gasteiger partial charge in [0.15, 0.2) is 5.17 Å². The molecule has 0 spiro atoms. The van der Waals surface area contributed by atoms with Gasteiger partial charge in [-0.15, -0.1) is 0 Å². The summed E-state index contributed by atoms with van der Waals surface area (Å²) in [5.74, 6) is 1.15. The fourth-order valence-corrected chi connectivity index (χ4v) is 3.88. The summed E-state index contributed by atoms with van der Waals surface area (Å²) < 4.78 is 6.87. The van der Waals surface area contributed by atoms with Crippen molar-refractivity contribution in [1.82, 2.24) is 5.32 Å². The van der Waals surface area contributed by atoms with Gasteiger partial charge in [0, 0.05) is 21.1 Å². The lowest BCUT2D eigenvalue weighted by molar-refractivity contribution is -0.115. The minimum Gasteiger partial charge on any atom is -0.457 e. The van der Waals surface area contributed by atoms with Crippen molar-refractivity contribution >= 4 is 62.1 Å². The van der Waals surface area contributed by atoms with Crippen molar-refractivity contribution in [3.8, 4) is 11.3 Å². The Hall–Kier alpha value is -2.28. The van der Waals surface area contributed by atoms with E-state index in [0.29, 0.717) is 20.9 Å². The quantitative estimate of drug-likeness (QED) is 0.438. The lowest BCUT2D eigenvalue weighted by atomic mass is 10.2. The van der Waals surface area contributed by atoms with E-state index in [1.807, 2.05) is 61.5 Å². The minimum absolute atomic E-state index is 0.204. The number of halogens is 2. The van der Waals surface area contributed by atoms with E-state index in [4.69, 9.17) is 16.0 Å². The normalized spacial score (nSPS) is 16.8. The number of thioether (sulfide) groups is 1. The highest BCUT2D eigenvalue weighted by Gasteiger charge is 2.24. The molecule has 0 unspecified atom stereocenters. The Morgan fingerprint density at radius 3 is 2.71 bits per heavy atom. The van der Waals surface area contributed by atoms with E-state index in [-0.39, 0.29) is 5.91 Å². The van der Waals surface area contributed by atoms with Crippen LogP contribution >= 0.6 is 39.3 Å². The average molecular weight is 474 g/mol. The minimum atomic E-state index is -0.204. The molecule has 0 bridgehead atoms. The highest BCUT2D eigenvalue weighted by atomic mass is 79.9. The topological polar surface area (TPSA) is 54.6 Å². The molecule has 1 amide bonds. The number of carbonyl (C=O) groups is 1. The van der Waals surface area contributed by atoms with Gasteiger partial charge in [-0.25, -0.2) is 4.99 Å². The number of amides is 1. The van der Waals surface area contributed by atoms with Crippen LogP contribution in [0.2, 0.25) is 5.02 Å². The summed E-state index contributed by atoms with van der Waals surface area (Å²) >= 11 is 10.8. The Labute approximate surface area is 179 Å². The molecule has 2 aromatic carbocycles. The number of amidine groups is 1. The van der Waals surface area contributed by atoms with E-state index in [1.54, 1.807) is 6.08 Å². The fraction of sp³-hybridized carbons (Fsp3) is 0.0476. The summed E-state index contributed by atoms with van der Waals surface area (Å²) in [5.41, 5.74) is 2.57. The lowest BCUT2D eigenvalue weighted by Gasteiger charge is -2.02. The molecule has 1 saturated heterocycles. The molecule has 28 heavy (non-hydrogen) atoms. The van der Waals surface area contributed by atoms with Crippen molar-refractivity contribution in [2.75, 3.05) is 0 Å². The number of furan rings is 1. The molecule has 7 heteroatoms. The van der Waals surface area contributed by atoms with Crippen LogP contribution in [0.4, 0.5) is 5.69 Å². The molecule has 0 saturated carbocycles. The van der Waals surface area contributed by atoms with Gasteiger partial charge in [-0.1, -0.05) is 45.7 Å². The van der Waals surface area contributed by atoms with Crippen molar-refractivity contribution < 1.29 is 9.21 Å². The van der Waals surface area contributed by atoms with Crippen LogP contribution in [0.3, 0.4) is 0 Å². The summed E-state index contributed by atoms with van der Waals surface area (Å²) in [6, 6.07) is 17.1. The molecule has 1 aromatic heterocycles. The number of hydrogen-bond acceptors (Lipinski definition) is 4. The predicted octanol–water partition coefficient (Wildman–Crippen LogP) is 6.56. The third-order valence-electron chi connectivity index (χ3n) is 4.14. The van der Waals surface area contributed by atoms with Crippen LogP contribution in [-0.2, 0) is 4.79 Å². The van der Waals surface area contributed by atoms with Crippen molar-refractivity contribution in [3.05, 3.63) is 80.3 Å². The lowest BCUT2D eigenvalue weighted by Crippen LogP contribution is -2.19. The summed E-state index contributed by atoms with van der Waals surface area (Å²) in [5, 5.41) is 3.94. The Morgan fingerprint density at radius 2 is 1.93 bits per heavy atom. The largest absolute Gasteiger partial charge is 0.457 e. The Morgan fingerprint density at radius 1 is 1.14 bits per heavy atom. The molecule has 0 aliphatic carbocycles. The first kappa shape index (κ1) is 19.1. The second kappa shape index (κ2) is 7.99. The molecular formula is C21H14BrClN2O2S. The van der Waals surface area contributed by atoms with Crippen LogP contribution in [0.5, 0.6) is 0 Å². The number of rotatable bonds is 3. The summed E-state index contributed by atoms with van der Waals surface area (Å²) in [4.78, 5) is 17.3. The van der Waals surface area contributed by atoms with Crippen molar-refractivity contribution in [2.24, 2.45) is 4.99 Å². The maximum atomic E-state index is 12.3. The monoisotopic (exact) mass is 472 g/mol. The van der Waals surface area contributed by atoms with Gasteiger partial charge in [0.05, 0.1) is 10.6 Å². The van der Waals surface area contributed by atoms with Gasteiger partial charge in [-0.3, -0.25) is 4.79 Å². The van der Waals surface area contributed by atoms with Gasteiger partial charge >= 0.3 is 0 Å². The summed E-state index contributed by atoms with van der Waals surface area (Å²) in [6.07, 6.45) is 1.72. The third kappa shape index (κ3) is 4.09. The molecule has 3 aromatic rings. The first-order valence-corrected chi connectivity index (χ1v) is 10.4. The molecule has 4 nitrogen and oxygen atoms in total. The number of aliphatic imine (C=N–C) groups is 1. The molecule has 2 heterocycles. The second-order valence-electron chi connectivity index (χ2n) is 6.07. The van der Waals surface area contributed by atoms with Crippen molar-refractivity contribution in [2.45, 2.75) is 6.92 Å². The van der Waals surface area contributed by atoms with Crippen LogP contribution in [0.15, 0.2) is 73.4 Å². The maximum absolute atomic E-state index is 12.3. The number of nitrogens with zero attached hydrogens (tertiary/aromatic N) is 1. The van der Waals surface area contributed by atoms with Gasteiger partial charge in [0.2, 0.25) is 0 Å². The van der Waals surface area contributed by atoms with Crippen LogP contribution < -0.4 is 5.32 Å². The molecule has 1 aliphatic heterocycles. The first-order chi connectivity index (χ1) is 13.5. The Balaban J connectivity index is 1.56. The first-order valence-electron chi connectivity index (χ1n) is 8.40. The number of nitrogens with one attached hydrogen (secondary N) is 1. The van der Waals surface area contributed by atoms with Crippen molar-refractivity contribution in [3.63, 3.8) is 0 Å². The zero-order valence-electron chi connectivity index (χ0n) is 14.7. The van der Waals surface area contributed by atoms with Crippen LogP contribution in [0.25, 0.3) is 17.4 Å². The number of hydrogen-bond donors (Lipinski definition) is 1. The second-order valence-corrected chi connectivity index (χ2v) is 8.43. The SMILES string of the molecule is Cc1c(Cl)cccc1N=C1NC(=O)/C(=C/c2ccc(-c3ccc(Br)cc3)o2)S1. The van der Waals surface area contributed by atoms with Gasteiger partial charge in [0.1, 0.15) is 11.5 Å². The number of carbonyl (C=O) groups excluding carboxylic acids is 1. The van der Waals surface area contributed by atoms with Gasteiger partial charge in [-0.2, -0.15) is 0 Å². The van der Waals surface area contributed by atoms with Crippen molar-refractivity contribution in [1.29, 1.82) is 0 Å². The average Bonchev–Trinajstić information content (AvgIpc) is 3.27. The zero-order valence-corrected chi connectivity index (χ0v) is 17.9. The highest BCUT2D eigenvalue weighted by molar-refractivity contribution is 9.10. The van der Waals surface area contributed by atoms with E-state index < -0.39 is 0 Å². The van der Waals surface area contributed by atoms with E-state index >= 15 is 0 Å². The van der Waals surface area contributed by atoms with Crippen LogP contribution in [0.1, 0.15) is 11.3 Å². The Bertz CT molecular complexity index is 1120. The van der Waals surface area contributed by atoms with Crippen LogP contribution in [0, 0.1) is 6.92 Å². The molecule has 4 rings (SSSR count). The Kier molecular flexibility index (Phi) is 5.44. The predicted molar refractivity (Wildman–Crippen MR) is 119 cm³/mol. The van der Waals surface area contributed by atoms with Gasteiger partial charge in [-0.05, 0) is 60.6 Å². The molecule has 1 N–H and O–H groups in total. The standard InChI is InChI=1S/C21H14BrClN2O2S/c1-12-16(23)3-2-4-17(12)24-21-25-20(26)19(28-21)11-15-9-10-18(27-15)13-5-7-14(22)8-6-13/h2-11H,1H3,(H,24,25,26)/b19-11-. The zero-order chi connectivity index (χ0) is 19.7. The van der Waals surface area contributed by atoms with Gasteiger partial charge < -0.3 is 9.73 Å². The van der Waals surface area contributed by atoms with Gasteiger partial charge in [0.25, 0.3) is 5.91 Å². The summed E-state index contributed by atoms with van der Waals surface area (Å²) in [7, 11) is 0. The van der Waals surface area contributed by atoms with Crippen LogP contribution in [-0.4, -0.2) is 11.1 Å². The smallest absolute Gasteiger partial charge is 0.264 e. The fourth-order valence-electron chi connectivity index (χ4n) is 2.64. The van der Waals surface area contributed by atoms with E-state index in [9.17, 15) is 4.79 Å². The van der Waals surface area contributed by atoms with E-state index in [1.165, 1.54) is 11.8 Å². The van der Waals surface area contributed by atoms with E-state index in [2.05, 4.69) is 26.2 Å². The van der Waals surface area contributed by atoms with E-state index in [0.717, 1.165) is 27.0 Å². The maximum Gasteiger partial charge on any atom is 0.264 e.